The van der Waals surface area contributed by atoms with E-state index in [1.54, 1.807) is 17.5 Å². The van der Waals surface area contributed by atoms with Crippen LogP contribution in [0.1, 0.15) is 17.3 Å². The minimum absolute atomic E-state index is 0.102. The van der Waals surface area contributed by atoms with Crippen LogP contribution in [0.4, 0.5) is 0 Å². The van der Waals surface area contributed by atoms with E-state index in [9.17, 15) is 0 Å². The van der Waals surface area contributed by atoms with Gasteiger partial charge in [0.15, 0.2) is 0 Å². The van der Waals surface area contributed by atoms with Crippen LogP contribution in [0.2, 0.25) is 5.02 Å². The Morgan fingerprint density at radius 1 is 1.21 bits per heavy atom. The second-order valence-electron chi connectivity index (χ2n) is 4.47. The van der Waals surface area contributed by atoms with E-state index in [-0.39, 0.29) is 6.04 Å². The van der Waals surface area contributed by atoms with E-state index in [2.05, 4.69) is 34.6 Å². The molecule has 4 heteroatoms. The summed E-state index contributed by atoms with van der Waals surface area (Å²) >= 11 is 7.59. The first-order valence-corrected chi connectivity index (χ1v) is 7.32. The molecule has 1 unspecified atom stereocenters. The van der Waals surface area contributed by atoms with Crippen molar-refractivity contribution in [2.75, 3.05) is 0 Å². The number of thiophene rings is 1. The van der Waals surface area contributed by atoms with Gasteiger partial charge < -0.3 is 5.73 Å². The number of hydrogen-bond donors (Lipinski definition) is 1. The zero-order chi connectivity index (χ0) is 13.2. The molecular formula is C15H13ClN2S. The first-order chi connectivity index (χ1) is 9.24. The van der Waals surface area contributed by atoms with Crippen LogP contribution in [0.25, 0.3) is 10.1 Å². The van der Waals surface area contributed by atoms with Gasteiger partial charge in [0.2, 0.25) is 0 Å². The number of aromatic nitrogens is 1. The number of pyridine rings is 1. The van der Waals surface area contributed by atoms with Gasteiger partial charge in [-0.05, 0) is 40.9 Å². The second kappa shape index (κ2) is 5.29. The zero-order valence-corrected chi connectivity index (χ0v) is 11.8. The van der Waals surface area contributed by atoms with Gasteiger partial charge in [-0.15, -0.1) is 11.3 Å². The third-order valence-electron chi connectivity index (χ3n) is 3.13. The smallest absolute Gasteiger partial charge is 0.0589 e. The van der Waals surface area contributed by atoms with Crippen LogP contribution in [-0.4, -0.2) is 4.98 Å². The van der Waals surface area contributed by atoms with Gasteiger partial charge in [0.05, 0.1) is 16.8 Å². The summed E-state index contributed by atoms with van der Waals surface area (Å²) in [5.74, 6) is 0. The van der Waals surface area contributed by atoms with Crippen molar-refractivity contribution in [1.82, 2.24) is 4.98 Å². The van der Waals surface area contributed by atoms with Gasteiger partial charge in [-0.3, -0.25) is 4.98 Å². The standard InChI is InChI=1S/C15H13ClN2S/c16-11-5-6-14(18-8-11)13(17)7-10-9-19-15-4-2-1-3-12(10)15/h1-6,8-9,13H,7,17H2. The van der Waals surface area contributed by atoms with Crippen LogP contribution in [0.5, 0.6) is 0 Å². The highest BCUT2D eigenvalue weighted by atomic mass is 35.5. The number of benzene rings is 1. The van der Waals surface area contributed by atoms with E-state index in [1.807, 2.05) is 12.1 Å². The van der Waals surface area contributed by atoms with Gasteiger partial charge >= 0.3 is 0 Å². The van der Waals surface area contributed by atoms with Crippen molar-refractivity contribution in [3.05, 3.63) is 64.3 Å². The molecule has 0 aliphatic rings. The fraction of sp³-hybridized carbons (Fsp3) is 0.133. The fourth-order valence-electron chi connectivity index (χ4n) is 2.14. The van der Waals surface area contributed by atoms with Crippen molar-refractivity contribution in [3.63, 3.8) is 0 Å². The Bertz CT molecular complexity index is 691. The van der Waals surface area contributed by atoms with Crippen molar-refractivity contribution in [2.45, 2.75) is 12.5 Å². The van der Waals surface area contributed by atoms with Crippen LogP contribution < -0.4 is 5.73 Å². The maximum absolute atomic E-state index is 6.23. The normalized spacial score (nSPS) is 12.7. The lowest BCUT2D eigenvalue weighted by Crippen LogP contribution is -2.14. The Balaban J connectivity index is 1.86. The molecular weight excluding hydrogens is 276 g/mol. The molecule has 0 saturated carbocycles. The van der Waals surface area contributed by atoms with Gasteiger partial charge in [-0.2, -0.15) is 0 Å². The van der Waals surface area contributed by atoms with Crippen molar-refractivity contribution < 1.29 is 0 Å². The molecule has 0 bridgehead atoms. The van der Waals surface area contributed by atoms with E-state index < -0.39 is 0 Å². The molecule has 2 heterocycles. The van der Waals surface area contributed by atoms with E-state index in [0.29, 0.717) is 5.02 Å². The van der Waals surface area contributed by atoms with E-state index >= 15 is 0 Å². The highest BCUT2D eigenvalue weighted by molar-refractivity contribution is 7.17. The summed E-state index contributed by atoms with van der Waals surface area (Å²) in [6, 6.07) is 12.0. The van der Waals surface area contributed by atoms with E-state index in [1.165, 1.54) is 15.6 Å². The molecule has 3 aromatic rings. The SMILES string of the molecule is NC(Cc1csc2ccccc12)c1ccc(Cl)cn1. The number of nitrogens with two attached hydrogens (primary N) is 1. The van der Waals surface area contributed by atoms with Crippen molar-refractivity contribution in [1.29, 1.82) is 0 Å². The Morgan fingerprint density at radius 3 is 2.84 bits per heavy atom. The van der Waals surface area contributed by atoms with Crippen molar-refractivity contribution >= 4 is 33.0 Å². The first-order valence-electron chi connectivity index (χ1n) is 6.06. The highest BCUT2D eigenvalue weighted by Crippen LogP contribution is 2.28. The molecule has 0 saturated heterocycles. The third kappa shape index (κ3) is 2.63. The number of rotatable bonds is 3. The molecule has 96 valence electrons. The lowest BCUT2D eigenvalue weighted by Gasteiger charge is -2.10. The van der Waals surface area contributed by atoms with E-state index in [4.69, 9.17) is 17.3 Å². The predicted octanol–water partition coefficient (Wildman–Crippen LogP) is 4.19. The Hall–Kier alpha value is -1.42. The minimum atomic E-state index is -0.102. The number of hydrogen-bond acceptors (Lipinski definition) is 3. The van der Waals surface area contributed by atoms with Crippen LogP contribution in [0.3, 0.4) is 0 Å². The van der Waals surface area contributed by atoms with Gasteiger partial charge in [0.1, 0.15) is 0 Å². The quantitative estimate of drug-likeness (QED) is 0.785. The molecule has 1 atom stereocenters. The molecule has 2 aromatic heterocycles. The molecule has 0 radical (unpaired) electrons. The Morgan fingerprint density at radius 2 is 2.05 bits per heavy atom. The zero-order valence-electron chi connectivity index (χ0n) is 10.2. The molecule has 0 amide bonds. The molecule has 0 fully saturated rings. The lowest BCUT2D eigenvalue weighted by atomic mass is 10.0. The highest BCUT2D eigenvalue weighted by Gasteiger charge is 2.11. The molecule has 0 aliphatic heterocycles. The monoisotopic (exact) mass is 288 g/mol. The molecule has 1 aromatic carbocycles. The van der Waals surface area contributed by atoms with Crippen molar-refractivity contribution in [3.8, 4) is 0 Å². The first kappa shape index (κ1) is 12.6. The molecule has 3 rings (SSSR count). The van der Waals surface area contributed by atoms with Crippen LogP contribution >= 0.6 is 22.9 Å². The summed E-state index contributed by atoms with van der Waals surface area (Å²) in [5, 5.41) is 4.11. The topological polar surface area (TPSA) is 38.9 Å². The largest absolute Gasteiger partial charge is 0.322 e. The lowest BCUT2D eigenvalue weighted by molar-refractivity contribution is 0.701. The third-order valence-corrected chi connectivity index (χ3v) is 4.37. The average Bonchev–Trinajstić information content (AvgIpc) is 2.83. The van der Waals surface area contributed by atoms with Crippen LogP contribution in [0.15, 0.2) is 48.0 Å². The minimum Gasteiger partial charge on any atom is -0.322 e. The Kier molecular flexibility index (Phi) is 3.51. The van der Waals surface area contributed by atoms with Gasteiger partial charge in [0.25, 0.3) is 0 Å². The summed E-state index contributed by atoms with van der Waals surface area (Å²) in [6.07, 6.45) is 2.43. The fourth-order valence-corrected chi connectivity index (χ4v) is 3.23. The predicted molar refractivity (Wildman–Crippen MR) is 81.7 cm³/mol. The molecule has 2 N–H and O–H groups in total. The van der Waals surface area contributed by atoms with Crippen LogP contribution in [0, 0.1) is 0 Å². The number of nitrogens with zero attached hydrogens (tertiary/aromatic N) is 1. The number of fused-ring (bicyclic) bond motifs is 1. The van der Waals surface area contributed by atoms with Crippen LogP contribution in [-0.2, 0) is 6.42 Å². The van der Waals surface area contributed by atoms with Gasteiger partial charge in [0, 0.05) is 10.9 Å². The Labute approximate surface area is 120 Å². The summed E-state index contributed by atoms with van der Waals surface area (Å²) in [4.78, 5) is 4.29. The maximum Gasteiger partial charge on any atom is 0.0589 e. The summed E-state index contributed by atoms with van der Waals surface area (Å²) < 4.78 is 1.30. The molecule has 19 heavy (non-hydrogen) atoms. The second-order valence-corrected chi connectivity index (χ2v) is 5.82. The average molecular weight is 289 g/mol. The molecule has 0 spiro atoms. The summed E-state index contributed by atoms with van der Waals surface area (Å²) in [7, 11) is 0. The van der Waals surface area contributed by atoms with E-state index in [0.717, 1.165) is 12.1 Å². The summed E-state index contributed by atoms with van der Waals surface area (Å²) in [5.41, 5.74) is 8.38. The van der Waals surface area contributed by atoms with Gasteiger partial charge in [-0.1, -0.05) is 29.8 Å². The molecule has 0 aliphatic carbocycles. The summed E-state index contributed by atoms with van der Waals surface area (Å²) in [6.45, 7) is 0. The van der Waals surface area contributed by atoms with Gasteiger partial charge in [-0.25, -0.2) is 0 Å². The molecule has 2 nitrogen and oxygen atoms in total. The van der Waals surface area contributed by atoms with Crippen molar-refractivity contribution in [2.24, 2.45) is 5.73 Å². The maximum atomic E-state index is 6.23. The number of halogens is 1.